The van der Waals surface area contributed by atoms with Crippen LogP contribution in [0.4, 0.5) is 5.69 Å². The zero-order valence-electron chi connectivity index (χ0n) is 21.7. The summed E-state index contributed by atoms with van der Waals surface area (Å²) in [6.45, 7) is 8.64. The largest absolute Gasteiger partial charge is 0.368 e. The van der Waals surface area contributed by atoms with Crippen molar-refractivity contribution in [3.8, 4) is 0 Å². The van der Waals surface area contributed by atoms with Gasteiger partial charge in [0, 0.05) is 28.7 Å². The number of dihydropyridines is 1. The molecule has 0 saturated carbocycles. The highest BCUT2D eigenvalue weighted by atomic mass is 16.1. The molecule has 1 amide bonds. The van der Waals surface area contributed by atoms with E-state index in [-0.39, 0.29) is 12.1 Å². The lowest BCUT2D eigenvalue weighted by molar-refractivity contribution is 0.0966. The predicted molar refractivity (Wildman–Crippen MR) is 148 cm³/mol. The average Bonchev–Trinajstić information content (AvgIpc) is 2.88. The van der Waals surface area contributed by atoms with Crippen molar-refractivity contribution in [3.63, 3.8) is 0 Å². The number of hydrogen-bond donors (Lipinski definition) is 3. The summed E-state index contributed by atoms with van der Waals surface area (Å²) in [5.41, 5.74) is 6.12. The van der Waals surface area contributed by atoms with Crippen molar-refractivity contribution in [1.29, 1.82) is 0 Å². The molecule has 4 nitrogen and oxygen atoms in total. The minimum Gasteiger partial charge on any atom is -0.368 e. The lowest BCUT2D eigenvalue weighted by atomic mass is 9.89. The second kappa shape index (κ2) is 13.6. The first-order chi connectivity index (χ1) is 17.0. The van der Waals surface area contributed by atoms with Crippen molar-refractivity contribution in [2.24, 2.45) is 0 Å². The number of amides is 1. The average molecular weight is 472 g/mol. The second-order valence-electron chi connectivity index (χ2n) is 9.34. The van der Waals surface area contributed by atoms with Gasteiger partial charge >= 0.3 is 0 Å². The Hall–Kier alpha value is -3.27. The highest BCUT2D eigenvalue weighted by molar-refractivity contribution is 5.95. The molecule has 2 atom stereocenters. The fourth-order valence-electron chi connectivity index (χ4n) is 4.39. The van der Waals surface area contributed by atoms with Crippen LogP contribution in [0.15, 0.2) is 84.2 Å². The maximum absolute atomic E-state index is 13.0. The Morgan fingerprint density at radius 2 is 1.74 bits per heavy atom. The number of aryl methyl sites for hydroxylation is 1. The van der Waals surface area contributed by atoms with E-state index in [4.69, 9.17) is 0 Å². The van der Waals surface area contributed by atoms with Gasteiger partial charge in [-0.25, -0.2) is 0 Å². The van der Waals surface area contributed by atoms with Crippen LogP contribution in [-0.2, 0) is 0 Å². The van der Waals surface area contributed by atoms with E-state index in [1.807, 2.05) is 18.3 Å². The molecule has 0 saturated heterocycles. The van der Waals surface area contributed by atoms with Gasteiger partial charge in [0.2, 0.25) is 0 Å². The van der Waals surface area contributed by atoms with Crippen LogP contribution in [0.1, 0.15) is 86.7 Å². The topological polar surface area (TPSA) is 53.2 Å². The van der Waals surface area contributed by atoms with Gasteiger partial charge in [0.1, 0.15) is 6.17 Å². The molecule has 0 radical (unpaired) electrons. The maximum Gasteiger partial charge on any atom is 0.255 e. The van der Waals surface area contributed by atoms with E-state index in [1.165, 1.54) is 43.2 Å². The number of carbonyl (C=O) groups excluding carboxylic acids is 1. The van der Waals surface area contributed by atoms with Crippen LogP contribution in [-0.4, -0.2) is 12.1 Å². The Labute approximate surface area is 211 Å². The van der Waals surface area contributed by atoms with Crippen molar-refractivity contribution in [2.75, 3.05) is 5.32 Å². The van der Waals surface area contributed by atoms with Crippen LogP contribution in [0, 0.1) is 6.92 Å². The Morgan fingerprint density at radius 3 is 2.34 bits per heavy atom. The third-order valence-corrected chi connectivity index (χ3v) is 6.42. The smallest absolute Gasteiger partial charge is 0.255 e. The van der Waals surface area contributed by atoms with E-state index >= 15 is 0 Å². The monoisotopic (exact) mass is 471 g/mol. The molecule has 0 bridgehead atoms. The summed E-state index contributed by atoms with van der Waals surface area (Å²) in [6, 6.07) is 16.5. The first-order valence-corrected chi connectivity index (χ1v) is 13.1. The van der Waals surface area contributed by atoms with Crippen LogP contribution in [0.2, 0.25) is 0 Å². The van der Waals surface area contributed by atoms with E-state index in [0.29, 0.717) is 11.5 Å². The van der Waals surface area contributed by atoms with Crippen molar-refractivity contribution in [3.05, 3.63) is 101 Å². The molecule has 0 aliphatic carbocycles. The zero-order chi connectivity index (χ0) is 25.0. The van der Waals surface area contributed by atoms with Gasteiger partial charge in [0.25, 0.3) is 5.91 Å². The number of nitrogens with one attached hydrogen (secondary N) is 3. The van der Waals surface area contributed by atoms with Crippen LogP contribution < -0.4 is 16.0 Å². The van der Waals surface area contributed by atoms with Crippen molar-refractivity contribution in [2.45, 2.75) is 78.3 Å². The molecule has 0 spiro atoms. The summed E-state index contributed by atoms with van der Waals surface area (Å²) in [5, 5.41) is 9.96. The summed E-state index contributed by atoms with van der Waals surface area (Å²) in [4.78, 5) is 13.0. The van der Waals surface area contributed by atoms with Crippen LogP contribution in [0.25, 0.3) is 0 Å². The molecule has 1 aliphatic rings. The fraction of sp³-hybridized carbons (Fsp3) is 0.387. The number of carbonyl (C=O) groups is 1. The van der Waals surface area contributed by atoms with E-state index < -0.39 is 0 Å². The lowest BCUT2D eigenvalue weighted by Gasteiger charge is -2.22. The number of unbranched alkanes of at least 4 members (excludes halogenated alkanes) is 1. The van der Waals surface area contributed by atoms with E-state index in [2.05, 4.69) is 98.3 Å². The zero-order valence-corrected chi connectivity index (χ0v) is 21.7. The molecule has 35 heavy (non-hydrogen) atoms. The summed E-state index contributed by atoms with van der Waals surface area (Å²) in [7, 11) is 0. The molecule has 2 unspecified atom stereocenters. The number of hydrogen-bond acceptors (Lipinski definition) is 3. The summed E-state index contributed by atoms with van der Waals surface area (Å²) in [5.74, 6) is 0.503. The van der Waals surface area contributed by atoms with Gasteiger partial charge in [-0.05, 0) is 68.0 Å². The number of benzene rings is 2. The third kappa shape index (κ3) is 7.88. The molecule has 0 aromatic heterocycles. The van der Waals surface area contributed by atoms with Crippen molar-refractivity contribution >= 4 is 11.6 Å². The molecule has 2 aromatic carbocycles. The first-order valence-electron chi connectivity index (χ1n) is 13.1. The summed E-state index contributed by atoms with van der Waals surface area (Å²) >= 11 is 0. The Kier molecular flexibility index (Phi) is 10.2. The highest BCUT2D eigenvalue weighted by Crippen LogP contribution is 2.27. The van der Waals surface area contributed by atoms with Crippen LogP contribution in [0.5, 0.6) is 0 Å². The molecule has 186 valence electrons. The molecule has 1 heterocycles. The Bertz CT molecular complexity index is 1030. The second-order valence-corrected chi connectivity index (χ2v) is 9.34. The number of allylic oxidation sites excluding steroid dienone is 2. The van der Waals surface area contributed by atoms with Crippen LogP contribution in [0.3, 0.4) is 0 Å². The van der Waals surface area contributed by atoms with Gasteiger partial charge in [0.05, 0.1) is 0 Å². The highest BCUT2D eigenvalue weighted by Gasteiger charge is 2.15. The van der Waals surface area contributed by atoms with Crippen molar-refractivity contribution in [1.82, 2.24) is 10.6 Å². The van der Waals surface area contributed by atoms with Gasteiger partial charge in [0.15, 0.2) is 0 Å². The molecular formula is C31H41N3O. The van der Waals surface area contributed by atoms with E-state index in [1.54, 1.807) is 0 Å². The lowest BCUT2D eigenvalue weighted by Crippen LogP contribution is -2.34. The number of anilines is 1. The van der Waals surface area contributed by atoms with E-state index in [0.717, 1.165) is 23.4 Å². The van der Waals surface area contributed by atoms with Crippen LogP contribution >= 0.6 is 0 Å². The molecular weight excluding hydrogens is 430 g/mol. The van der Waals surface area contributed by atoms with Gasteiger partial charge in [-0.3, -0.25) is 4.79 Å². The SMILES string of the molecule is CCC=C(NC(=O)c1ccc(C(CCC)CCCC)cc1)C1=CNC(Nc2ccc(C)cc2)C=C1. The Balaban J connectivity index is 1.62. The Morgan fingerprint density at radius 1 is 1.00 bits per heavy atom. The fourth-order valence-corrected chi connectivity index (χ4v) is 4.39. The first kappa shape index (κ1) is 26.3. The van der Waals surface area contributed by atoms with Gasteiger partial charge in [-0.1, -0.05) is 82.0 Å². The van der Waals surface area contributed by atoms with Crippen molar-refractivity contribution < 1.29 is 4.79 Å². The molecule has 2 aromatic rings. The summed E-state index contributed by atoms with van der Waals surface area (Å²) in [6.07, 6.45) is 15.0. The minimum absolute atomic E-state index is 0.00338. The summed E-state index contributed by atoms with van der Waals surface area (Å²) < 4.78 is 0. The molecule has 3 rings (SSSR count). The van der Waals surface area contributed by atoms with Gasteiger partial charge in [-0.15, -0.1) is 0 Å². The molecule has 0 fully saturated rings. The van der Waals surface area contributed by atoms with Gasteiger partial charge in [-0.2, -0.15) is 0 Å². The quantitative estimate of drug-likeness (QED) is 0.299. The van der Waals surface area contributed by atoms with Gasteiger partial charge < -0.3 is 16.0 Å². The molecule has 1 aliphatic heterocycles. The normalized spacial score (nSPS) is 16.3. The molecule has 4 heteroatoms. The van der Waals surface area contributed by atoms with E-state index in [9.17, 15) is 4.79 Å². The number of rotatable bonds is 12. The minimum atomic E-state index is -0.0777. The molecule has 3 N–H and O–H groups in total. The maximum atomic E-state index is 13.0. The predicted octanol–water partition coefficient (Wildman–Crippen LogP) is 7.57. The third-order valence-electron chi connectivity index (χ3n) is 6.42. The standard InChI is InChI=1S/C31H41N3O/c1-5-8-11-24(9-6-2)25-14-16-26(17-15-25)31(35)34-29(10-7-3)27-18-21-30(32-22-27)33-28-19-12-23(4)13-20-28/h10,12-22,24,30,32-33H,5-9,11H2,1-4H3,(H,34,35).